The summed E-state index contributed by atoms with van der Waals surface area (Å²) in [6.07, 6.45) is 82.4. The number of carbonyl (C=O) groups is 2. The van der Waals surface area contributed by atoms with Gasteiger partial charge in [-0.3, -0.25) is 9.59 Å². The van der Waals surface area contributed by atoms with Gasteiger partial charge in [0, 0.05) is 12.8 Å². The SMILES string of the molecule is CCCCCC/C=C\C/C=C\CCCCCCCC(=O)OCCCCCCCCCCCCCCCCCCCCCCCCCCCCCCCCCCCC(=O)NC(CO)C(O)/C=C/CCCCCCCCC. The molecule has 2 unspecified atom stereocenters. The highest BCUT2D eigenvalue weighted by atomic mass is 16.5. The second-order valence-electron chi connectivity index (χ2n) is 23.2. The molecule has 0 aromatic rings. The zero-order chi connectivity index (χ0) is 54.3. The lowest BCUT2D eigenvalue weighted by molar-refractivity contribution is -0.143. The number of aliphatic hydroxyl groups excluding tert-OH is 2. The summed E-state index contributed by atoms with van der Waals surface area (Å²) < 4.78 is 5.49. The van der Waals surface area contributed by atoms with Crippen molar-refractivity contribution < 1.29 is 24.5 Å². The van der Waals surface area contributed by atoms with Gasteiger partial charge in [0.2, 0.25) is 5.91 Å². The Morgan fingerprint density at radius 1 is 0.373 bits per heavy atom. The average Bonchev–Trinajstić information content (AvgIpc) is 3.41. The first-order valence-electron chi connectivity index (χ1n) is 33.8. The van der Waals surface area contributed by atoms with Crippen molar-refractivity contribution in [3.05, 3.63) is 36.5 Å². The Balaban J connectivity index is 3.30. The first kappa shape index (κ1) is 73.1. The first-order chi connectivity index (χ1) is 37.0. The number of ether oxygens (including phenoxy) is 1. The normalized spacial score (nSPS) is 12.7. The summed E-state index contributed by atoms with van der Waals surface area (Å²) in [5.41, 5.74) is 0. The van der Waals surface area contributed by atoms with Crippen molar-refractivity contribution in [1.82, 2.24) is 5.32 Å². The van der Waals surface area contributed by atoms with Crippen LogP contribution in [0.25, 0.3) is 0 Å². The number of nitrogens with one attached hydrogen (secondary N) is 1. The van der Waals surface area contributed by atoms with E-state index in [1.807, 2.05) is 6.08 Å². The summed E-state index contributed by atoms with van der Waals surface area (Å²) in [5.74, 6) is -0.0570. The summed E-state index contributed by atoms with van der Waals surface area (Å²) >= 11 is 0. The minimum absolute atomic E-state index is 0.00797. The smallest absolute Gasteiger partial charge is 0.305 e. The number of aliphatic hydroxyl groups is 2. The lowest BCUT2D eigenvalue weighted by Gasteiger charge is -2.20. The number of rotatable bonds is 63. The molecule has 0 aliphatic rings. The maximum atomic E-state index is 12.4. The summed E-state index contributed by atoms with van der Waals surface area (Å²) in [6.45, 7) is 4.87. The van der Waals surface area contributed by atoms with E-state index >= 15 is 0 Å². The van der Waals surface area contributed by atoms with Crippen molar-refractivity contribution in [2.24, 2.45) is 0 Å². The van der Waals surface area contributed by atoms with Crippen LogP contribution in [0.3, 0.4) is 0 Å². The zero-order valence-corrected chi connectivity index (χ0v) is 50.5. The maximum absolute atomic E-state index is 12.4. The molecule has 0 aromatic carbocycles. The Morgan fingerprint density at radius 2 is 0.667 bits per heavy atom. The van der Waals surface area contributed by atoms with Gasteiger partial charge in [-0.25, -0.2) is 0 Å². The van der Waals surface area contributed by atoms with Gasteiger partial charge in [-0.05, 0) is 64.2 Å². The van der Waals surface area contributed by atoms with Gasteiger partial charge in [0.15, 0.2) is 0 Å². The monoisotopic (exact) mass is 1050 g/mol. The molecule has 0 aromatic heterocycles. The number of carbonyl (C=O) groups excluding carboxylic acids is 2. The van der Waals surface area contributed by atoms with Crippen molar-refractivity contribution >= 4 is 11.9 Å². The van der Waals surface area contributed by atoms with Gasteiger partial charge >= 0.3 is 5.97 Å². The number of hydrogen-bond acceptors (Lipinski definition) is 5. The van der Waals surface area contributed by atoms with Crippen LogP contribution < -0.4 is 5.32 Å². The highest BCUT2D eigenvalue weighted by molar-refractivity contribution is 5.76. The molecule has 2 atom stereocenters. The Labute approximate surface area is 468 Å². The first-order valence-corrected chi connectivity index (χ1v) is 33.8. The van der Waals surface area contributed by atoms with Crippen LogP contribution in [0.4, 0.5) is 0 Å². The van der Waals surface area contributed by atoms with Crippen molar-refractivity contribution in [3.8, 4) is 0 Å². The van der Waals surface area contributed by atoms with Crippen LogP contribution in [0.5, 0.6) is 0 Å². The van der Waals surface area contributed by atoms with Crippen LogP contribution in [0, 0.1) is 0 Å². The van der Waals surface area contributed by atoms with E-state index in [-0.39, 0.29) is 18.5 Å². The summed E-state index contributed by atoms with van der Waals surface area (Å²) in [7, 11) is 0. The molecule has 0 fully saturated rings. The molecule has 0 heterocycles. The van der Waals surface area contributed by atoms with Crippen molar-refractivity contribution in [2.75, 3.05) is 13.2 Å². The topological polar surface area (TPSA) is 95.9 Å². The number of hydrogen-bond donors (Lipinski definition) is 3. The number of esters is 1. The summed E-state index contributed by atoms with van der Waals surface area (Å²) in [6, 6.07) is -0.622. The van der Waals surface area contributed by atoms with E-state index in [2.05, 4.69) is 43.5 Å². The van der Waals surface area contributed by atoms with Crippen LogP contribution in [0.1, 0.15) is 367 Å². The van der Waals surface area contributed by atoms with E-state index in [9.17, 15) is 19.8 Å². The molecule has 6 heteroatoms. The van der Waals surface area contributed by atoms with E-state index in [0.717, 1.165) is 51.4 Å². The van der Waals surface area contributed by atoms with Gasteiger partial charge in [-0.1, -0.05) is 326 Å². The molecule has 0 aliphatic carbocycles. The molecule has 0 saturated heterocycles. The standard InChI is InChI=1S/C69H131NO5/c1-3-5-7-9-11-13-14-15-16-37-40-43-47-51-55-59-63-69(74)75-64-60-56-52-48-44-41-38-35-33-31-29-27-25-23-21-19-17-18-20-22-24-26-28-30-32-34-36-39-42-46-50-54-58-62-68(73)70-66(65-71)67(72)61-57-53-49-45-12-10-8-6-4-2/h13-14,16,37,57,61,66-67,71-72H,3-12,15,17-36,38-56,58-60,62-65H2,1-2H3,(H,70,73)/b14-13-,37-16-,61-57+. The number of amides is 1. The average molecular weight is 1050 g/mol. The van der Waals surface area contributed by atoms with Gasteiger partial charge in [0.05, 0.1) is 25.4 Å². The fourth-order valence-electron chi connectivity index (χ4n) is 10.5. The lowest BCUT2D eigenvalue weighted by atomic mass is 10.0. The van der Waals surface area contributed by atoms with E-state index < -0.39 is 12.1 Å². The van der Waals surface area contributed by atoms with E-state index in [4.69, 9.17) is 4.74 Å². The third kappa shape index (κ3) is 61.2. The molecule has 442 valence electrons. The molecule has 0 aliphatic heterocycles. The van der Waals surface area contributed by atoms with Crippen LogP contribution >= 0.6 is 0 Å². The Morgan fingerprint density at radius 3 is 1.03 bits per heavy atom. The predicted octanol–water partition coefficient (Wildman–Crippen LogP) is 21.5. The molecular formula is C69H131NO5. The molecule has 1 amide bonds. The molecule has 75 heavy (non-hydrogen) atoms. The largest absolute Gasteiger partial charge is 0.466 e. The Kier molecular flexibility index (Phi) is 63.0. The Bertz CT molecular complexity index is 1210. The molecule has 0 bridgehead atoms. The van der Waals surface area contributed by atoms with Crippen LogP contribution in [0.2, 0.25) is 0 Å². The maximum Gasteiger partial charge on any atom is 0.305 e. The fraction of sp³-hybridized carbons (Fsp3) is 0.884. The highest BCUT2D eigenvalue weighted by Crippen LogP contribution is 2.18. The quantitative estimate of drug-likeness (QED) is 0.0320. The molecule has 0 saturated carbocycles. The van der Waals surface area contributed by atoms with Crippen molar-refractivity contribution in [2.45, 2.75) is 379 Å². The van der Waals surface area contributed by atoms with E-state index in [1.165, 1.54) is 289 Å². The van der Waals surface area contributed by atoms with Gasteiger partial charge in [-0.15, -0.1) is 0 Å². The lowest BCUT2D eigenvalue weighted by Crippen LogP contribution is -2.45. The fourth-order valence-corrected chi connectivity index (χ4v) is 10.5. The van der Waals surface area contributed by atoms with Gasteiger partial charge in [0.25, 0.3) is 0 Å². The van der Waals surface area contributed by atoms with E-state index in [0.29, 0.717) is 19.4 Å². The number of unbranched alkanes of at least 4 members (excludes halogenated alkanes) is 48. The summed E-state index contributed by atoms with van der Waals surface area (Å²) in [5, 5.41) is 23.0. The van der Waals surface area contributed by atoms with Crippen molar-refractivity contribution in [1.29, 1.82) is 0 Å². The minimum atomic E-state index is -0.838. The highest BCUT2D eigenvalue weighted by Gasteiger charge is 2.18. The number of allylic oxidation sites excluding steroid dienone is 5. The molecular weight excluding hydrogens is 923 g/mol. The van der Waals surface area contributed by atoms with Gasteiger partial charge < -0.3 is 20.3 Å². The van der Waals surface area contributed by atoms with Crippen molar-refractivity contribution in [3.63, 3.8) is 0 Å². The molecule has 0 spiro atoms. The molecule has 0 rings (SSSR count). The summed E-state index contributed by atoms with van der Waals surface area (Å²) in [4.78, 5) is 24.5. The zero-order valence-electron chi connectivity index (χ0n) is 50.5. The van der Waals surface area contributed by atoms with Crippen LogP contribution in [-0.4, -0.2) is 47.4 Å². The second kappa shape index (κ2) is 64.6. The predicted molar refractivity (Wildman–Crippen MR) is 329 cm³/mol. The third-order valence-electron chi connectivity index (χ3n) is 15.7. The molecule has 6 nitrogen and oxygen atoms in total. The van der Waals surface area contributed by atoms with Gasteiger partial charge in [0.1, 0.15) is 0 Å². The van der Waals surface area contributed by atoms with Crippen LogP contribution in [-0.2, 0) is 14.3 Å². The second-order valence-corrected chi connectivity index (χ2v) is 23.2. The van der Waals surface area contributed by atoms with E-state index in [1.54, 1.807) is 6.08 Å². The molecule has 3 N–H and O–H groups in total. The Hall–Kier alpha value is -1.92. The third-order valence-corrected chi connectivity index (χ3v) is 15.7. The molecule has 0 radical (unpaired) electrons. The van der Waals surface area contributed by atoms with Gasteiger partial charge in [-0.2, -0.15) is 0 Å². The van der Waals surface area contributed by atoms with Crippen LogP contribution in [0.15, 0.2) is 36.5 Å². The minimum Gasteiger partial charge on any atom is -0.466 e.